The third-order valence-corrected chi connectivity index (χ3v) is 17.3. The van der Waals surface area contributed by atoms with Crippen LogP contribution in [0.25, 0.3) is 143 Å². The first kappa shape index (κ1) is 41.7. The van der Waals surface area contributed by atoms with E-state index in [4.69, 9.17) is 23.8 Å². The van der Waals surface area contributed by atoms with Crippen LogP contribution in [-0.4, -0.2) is 15.0 Å². The summed E-state index contributed by atoms with van der Waals surface area (Å²) in [6, 6.07) is 85.1. The van der Waals surface area contributed by atoms with Gasteiger partial charge in [-0.2, -0.15) is 0 Å². The second-order valence-electron chi connectivity index (χ2n) is 20.1. The minimum atomic E-state index is -0.391. The molecule has 17 rings (SSSR count). The fraction of sp³-hybridized carbons (Fsp3) is 0.0143. The van der Waals surface area contributed by atoms with Gasteiger partial charge in [0.1, 0.15) is 22.3 Å². The van der Waals surface area contributed by atoms with Crippen LogP contribution in [0.5, 0.6) is 0 Å². The van der Waals surface area contributed by atoms with Crippen molar-refractivity contribution in [2.45, 2.75) is 5.41 Å². The average molecular weight is 986 g/mol. The summed E-state index contributed by atoms with van der Waals surface area (Å²) >= 11 is 1.78. The third kappa shape index (κ3) is 5.81. The molecule has 76 heavy (non-hydrogen) atoms. The second-order valence-corrected chi connectivity index (χ2v) is 21.2. The van der Waals surface area contributed by atoms with Crippen molar-refractivity contribution in [3.05, 3.63) is 259 Å². The summed E-state index contributed by atoms with van der Waals surface area (Å²) in [5, 5.41) is 6.39. The average Bonchev–Trinajstić information content (AvgIpc) is 4.34. The summed E-state index contributed by atoms with van der Waals surface area (Å²) in [4.78, 5) is 16.0. The number of fused-ring (bicyclic) bond motifs is 19. The van der Waals surface area contributed by atoms with E-state index in [2.05, 4.69) is 206 Å². The molecule has 0 atom stereocenters. The number of rotatable bonds is 5. The maximum atomic E-state index is 6.65. The first-order valence-electron chi connectivity index (χ1n) is 25.7. The molecular formula is C70H39N3O2S. The summed E-state index contributed by atoms with van der Waals surface area (Å²) in [7, 11) is 0. The van der Waals surface area contributed by atoms with E-state index in [0.29, 0.717) is 17.5 Å². The van der Waals surface area contributed by atoms with Gasteiger partial charge >= 0.3 is 0 Å². The van der Waals surface area contributed by atoms with Crippen LogP contribution in [0.1, 0.15) is 22.3 Å². The molecule has 4 aromatic heterocycles. The van der Waals surface area contributed by atoms with E-state index in [1.54, 1.807) is 11.3 Å². The largest absolute Gasteiger partial charge is 0.456 e. The van der Waals surface area contributed by atoms with E-state index in [-0.39, 0.29) is 0 Å². The fourth-order valence-electron chi connectivity index (χ4n) is 12.9. The number of furan rings is 2. The van der Waals surface area contributed by atoms with E-state index in [9.17, 15) is 0 Å². The Morgan fingerprint density at radius 3 is 1.50 bits per heavy atom. The van der Waals surface area contributed by atoms with Crippen molar-refractivity contribution < 1.29 is 8.83 Å². The van der Waals surface area contributed by atoms with E-state index >= 15 is 0 Å². The number of aromatic nitrogens is 3. The predicted octanol–water partition coefficient (Wildman–Crippen LogP) is 18.7. The fourth-order valence-corrected chi connectivity index (χ4v) is 14.0. The highest BCUT2D eigenvalue weighted by molar-refractivity contribution is 7.25. The van der Waals surface area contributed by atoms with Crippen molar-refractivity contribution in [1.82, 2.24) is 15.0 Å². The van der Waals surface area contributed by atoms with Gasteiger partial charge in [0, 0.05) is 58.4 Å². The molecule has 0 aliphatic heterocycles. The highest BCUT2D eigenvalue weighted by Crippen LogP contribution is 2.63. The first-order chi connectivity index (χ1) is 37.6. The highest BCUT2D eigenvalue weighted by Gasteiger charge is 2.51. The summed E-state index contributed by atoms with van der Waals surface area (Å²) in [6.07, 6.45) is 0. The van der Waals surface area contributed by atoms with Gasteiger partial charge in [0.15, 0.2) is 17.5 Å². The highest BCUT2D eigenvalue weighted by atomic mass is 32.1. The molecule has 0 N–H and O–H groups in total. The van der Waals surface area contributed by atoms with Crippen molar-refractivity contribution in [3.63, 3.8) is 0 Å². The molecule has 5 nitrogen and oxygen atoms in total. The van der Waals surface area contributed by atoms with Gasteiger partial charge in [0.2, 0.25) is 0 Å². The molecule has 0 saturated carbocycles. The van der Waals surface area contributed by atoms with Gasteiger partial charge < -0.3 is 8.83 Å². The molecule has 0 saturated heterocycles. The van der Waals surface area contributed by atoms with Crippen molar-refractivity contribution in [2.75, 3.05) is 0 Å². The van der Waals surface area contributed by atoms with Gasteiger partial charge in [0.05, 0.1) is 5.41 Å². The van der Waals surface area contributed by atoms with E-state index < -0.39 is 5.41 Å². The molecule has 0 fully saturated rings. The number of benzene rings is 11. The lowest BCUT2D eigenvalue weighted by molar-refractivity contribution is 0.668. The number of nitrogens with zero attached hydrogens (tertiary/aromatic N) is 3. The minimum Gasteiger partial charge on any atom is -0.456 e. The maximum absolute atomic E-state index is 6.65. The number of para-hydroxylation sites is 1. The molecule has 352 valence electrons. The topological polar surface area (TPSA) is 65.0 Å². The monoisotopic (exact) mass is 985 g/mol. The summed E-state index contributed by atoms with van der Waals surface area (Å²) in [6.45, 7) is 0. The lowest BCUT2D eigenvalue weighted by atomic mass is 9.70. The van der Waals surface area contributed by atoms with E-state index in [1.165, 1.54) is 70.4 Å². The molecule has 11 aromatic carbocycles. The normalized spacial score (nSPS) is 13.1. The first-order valence-corrected chi connectivity index (χ1v) is 26.5. The van der Waals surface area contributed by atoms with Crippen LogP contribution in [0.15, 0.2) is 245 Å². The Morgan fingerprint density at radius 2 is 0.763 bits per heavy atom. The van der Waals surface area contributed by atoms with Crippen molar-refractivity contribution in [1.29, 1.82) is 0 Å². The van der Waals surface area contributed by atoms with Gasteiger partial charge in [0.25, 0.3) is 0 Å². The van der Waals surface area contributed by atoms with Crippen LogP contribution in [0, 0.1) is 0 Å². The zero-order valence-electron chi connectivity index (χ0n) is 40.6. The molecule has 1 spiro atoms. The van der Waals surface area contributed by atoms with Crippen LogP contribution >= 0.6 is 11.3 Å². The SMILES string of the molecule is c1ccc2c(c1)-c1ccccc1C21c2ccccc2-c2ccc(-c3ccc(-c4ccc5oc6cccc(-c7nc(-c8ccc9c(c8)oc8ccccc89)nc(-c8cccc9sc%10ccccc%10c89)n7)c6c5c4)cc3)cc21. The zero-order chi connectivity index (χ0) is 49.6. The van der Waals surface area contributed by atoms with Gasteiger partial charge in [-0.3, -0.25) is 0 Å². The van der Waals surface area contributed by atoms with Crippen LogP contribution in [0.2, 0.25) is 0 Å². The molecule has 2 aliphatic carbocycles. The molecule has 4 heterocycles. The lowest BCUT2D eigenvalue weighted by Crippen LogP contribution is -2.25. The smallest absolute Gasteiger partial charge is 0.164 e. The van der Waals surface area contributed by atoms with Crippen molar-refractivity contribution in [2.24, 2.45) is 0 Å². The Balaban J connectivity index is 0.793. The van der Waals surface area contributed by atoms with Crippen molar-refractivity contribution >= 4 is 75.4 Å². The summed E-state index contributed by atoms with van der Waals surface area (Å²) in [5.74, 6) is 1.73. The zero-order valence-corrected chi connectivity index (χ0v) is 41.4. The second kappa shape index (κ2) is 15.6. The molecule has 15 aromatic rings. The molecule has 6 heteroatoms. The Hall–Kier alpha value is -9.75. The molecular weight excluding hydrogens is 947 g/mol. The number of hydrogen-bond donors (Lipinski definition) is 0. The summed E-state index contributed by atoms with van der Waals surface area (Å²) in [5.41, 5.74) is 20.6. The van der Waals surface area contributed by atoms with E-state index in [0.717, 1.165) is 77.1 Å². The Kier molecular flexibility index (Phi) is 8.58. The number of hydrogen-bond acceptors (Lipinski definition) is 6. The predicted molar refractivity (Wildman–Crippen MR) is 311 cm³/mol. The quantitative estimate of drug-likeness (QED) is 0.172. The number of thiophene rings is 1. The lowest BCUT2D eigenvalue weighted by Gasteiger charge is -2.30. The maximum Gasteiger partial charge on any atom is 0.164 e. The van der Waals surface area contributed by atoms with E-state index in [1.807, 2.05) is 30.3 Å². The van der Waals surface area contributed by atoms with Crippen LogP contribution in [0.3, 0.4) is 0 Å². The van der Waals surface area contributed by atoms with Gasteiger partial charge in [-0.05, 0) is 121 Å². The summed E-state index contributed by atoms with van der Waals surface area (Å²) < 4.78 is 15.4. The standard InChI is InChI=1S/C70H39N3O2S/c1-6-20-55-45(13-1)46-14-2-7-21-56(46)70(55)57-22-8-3-15-47(57)48-34-31-43(38-58(48)70)41-29-27-40(28-30-41)42-33-36-60-54(37-42)65-52(18-11-24-61(65)74-60)68-71-67(44-32-35-50-49-16-4-9-23-59(49)75-62(50)39-44)72-69(73-68)53-19-12-26-64-66(53)51-17-5-10-25-63(51)76-64/h1-39H. The minimum absolute atomic E-state index is 0.391. The Bertz CT molecular complexity index is 4900. The molecule has 0 unspecified atom stereocenters. The Labute approximate surface area is 439 Å². The van der Waals surface area contributed by atoms with Gasteiger partial charge in [-0.1, -0.05) is 182 Å². The third-order valence-electron chi connectivity index (χ3n) is 16.2. The van der Waals surface area contributed by atoms with Crippen LogP contribution < -0.4 is 0 Å². The van der Waals surface area contributed by atoms with Crippen LogP contribution in [0.4, 0.5) is 0 Å². The molecule has 0 bridgehead atoms. The van der Waals surface area contributed by atoms with Crippen LogP contribution in [-0.2, 0) is 5.41 Å². The molecule has 2 aliphatic rings. The van der Waals surface area contributed by atoms with Crippen molar-refractivity contribution in [3.8, 4) is 78.7 Å². The van der Waals surface area contributed by atoms with Gasteiger partial charge in [-0.25, -0.2) is 15.0 Å². The molecule has 0 radical (unpaired) electrons. The van der Waals surface area contributed by atoms with Gasteiger partial charge in [-0.15, -0.1) is 11.3 Å². The Morgan fingerprint density at radius 1 is 0.276 bits per heavy atom. The molecule has 0 amide bonds.